The predicted octanol–water partition coefficient (Wildman–Crippen LogP) is 3.54. The molecule has 2 unspecified atom stereocenters. The number of amides is 1. The van der Waals surface area contributed by atoms with Crippen molar-refractivity contribution in [1.29, 1.82) is 0 Å². The number of hydrogen-bond donors (Lipinski definition) is 1. The molecule has 9 heteroatoms. The van der Waals surface area contributed by atoms with E-state index in [1.54, 1.807) is 30.6 Å². The third-order valence-electron chi connectivity index (χ3n) is 6.13. The Morgan fingerprint density at radius 1 is 1.19 bits per heavy atom. The molecule has 32 heavy (non-hydrogen) atoms. The highest BCUT2D eigenvalue weighted by Crippen LogP contribution is 2.35. The van der Waals surface area contributed by atoms with Gasteiger partial charge in [0.1, 0.15) is 5.25 Å². The summed E-state index contributed by atoms with van der Waals surface area (Å²) in [7, 11) is -3.61. The lowest BCUT2D eigenvalue weighted by Gasteiger charge is -2.34. The molecule has 1 fully saturated rings. The highest BCUT2D eigenvalue weighted by Gasteiger charge is 2.41. The third-order valence-corrected chi connectivity index (χ3v) is 8.58. The number of carbonyl (C=O) groups excluding carboxylic acids is 1. The van der Waals surface area contributed by atoms with Gasteiger partial charge in [-0.1, -0.05) is 41.9 Å². The first-order chi connectivity index (χ1) is 15.4. The molecule has 3 aromatic rings. The van der Waals surface area contributed by atoms with Crippen LogP contribution in [0.3, 0.4) is 0 Å². The Bertz CT molecular complexity index is 1290. The summed E-state index contributed by atoms with van der Waals surface area (Å²) in [5, 5.41) is 4.66. The maximum atomic E-state index is 13.5. The standard InChI is InChI=1S/C23H22ClN3O4S/c24-17-6-5-16-12-27(32(29,30)18-7-8-31-14-18)13-21(20(16)9-17)23(28)26-22-11-25-10-15-3-1-2-4-19(15)22/h1-6,9-11,18,21H,7-8,12-14H2,(H,26,28). The molecule has 2 aliphatic rings. The Hall–Kier alpha value is -2.52. The Balaban J connectivity index is 1.49. The third kappa shape index (κ3) is 3.88. The van der Waals surface area contributed by atoms with Crippen LogP contribution in [0.1, 0.15) is 23.5 Å². The van der Waals surface area contributed by atoms with Gasteiger partial charge < -0.3 is 10.1 Å². The van der Waals surface area contributed by atoms with Crippen molar-refractivity contribution >= 4 is 44.0 Å². The summed E-state index contributed by atoms with van der Waals surface area (Å²) in [5.74, 6) is -0.997. The molecular weight excluding hydrogens is 450 g/mol. The minimum Gasteiger partial charge on any atom is -0.380 e. The Labute approximate surface area is 191 Å². The van der Waals surface area contributed by atoms with E-state index in [4.69, 9.17) is 16.3 Å². The van der Waals surface area contributed by atoms with Crippen molar-refractivity contribution in [2.45, 2.75) is 24.1 Å². The monoisotopic (exact) mass is 471 g/mol. The van der Waals surface area contributed by atoms with Gasteiger partial charge in [0.15, 0.2) is 0 Å². The molecule has 3 heterocycles. The molecule has 0 spiro atoms. The SMILES string of the molecule is O=C(Nc1cncc2ccccc12)C1CN(S(=O)(=O)C2CCOC2)Cc2ccc(Cl)cc21. The van der Waals surface area contributed by atoms with Crippen LogP contribution in [0.25, 0.3) is 10.8 Å². The largest absolute Gasteiger partial charge is 0.380 e. The minimum absolute atomic E-state index is 0.0518. The average Bonchev–Trinajstić information content (AvgIpc) is 3.34. The van der Waals surface area contributed by atoms with E-state index < -0.39 is 21.2 Å². The Morgan fingerprint density at radius 3 is 2.84 bits per heavy atom. The molecule has 1 aromatic heterocycles. The van der Waals surface area contributed by atoms with Crippen LogP contribution in [0.15, 0.2) is 54.9 Å². The summed E-state index contributed by atoms with van der Waals surface area (Å²) in [4.78, 5) is 17.7. The number of anilines is 1. The summed E-state index contributed by atoms with van der Waals surface area (Å²) in [6.07, 6.45) is 3.80. The zero-order chi connectivity index (χ0) is 22.3. The van der Waals surface area contributed by atoms with E-state index in [1.165, 1.54) is 4.31 Å². The molecule has 2 atom stereocenters. The summed E-state index contributed by atoms with van der Waals surface area (Å²) >= 11 is 6.22. The first-order valence-electron chi connectivity index (χ1n) is 10.4. The van der Waals surface area contributed by atoms with Gasteiger partial charge in [0.2, 0.25) is 15.9 Å². The van der Waals surface area contributed by atoms with Crippen LogP contribution in [0.5, 0.6) is 0 Å². The number of rotatable bonds is 4. The van der Waals surface area contributed by atoms with Crippen LogP contribution in [0, 0.1) is 0 Å². The van der Waals surface area contributed by atoms with Gasteiger partial charge in [0.05, 0.1) is 24.4 Å². The maximum Gasteiger partial charge on any atom is 0.233 e. The zero-order valence-corrected chi connectivity index (χ0v) is 18.8. The van der Waals surface area contributed by atoms with Crippen molar-refractivity contribution < 1.29 is 17.9 Å². The summed E-state index contributed by atoms with van der Waals surface area (Å²) in [6, 6.07) is 12.9. The second-order valence-electron chi connectivity index (χ2n) is 8.12. The van der Waals surface area contributed by atoms with E-state index >= 15 is 0 Å². The average molecular weight is 472 g/mol. The molecule has 1 saturated heterocycles. The Kier molecular flexibility index (Phi) is 5.63. The van der Waals surface area contributed by atoms with Crippen molar-refractivity contribution in [2.24, 2.45) is 0 Å². The number of nitrogens with one attached hydrogen (secondary N) is 1. The molecule has 2 aromatic carbocycles. The van der Waals surface area contributed by atoms with Crippen LogP contribution in [-0.2, 0) is 26.1 Å². The van der Waals surface area contributed by atoms with Gasteiger partial charge in [0, 0.05) is 41.7 Å². The molecule has 0 bridgehead atoms. The molecule has 1 amide bonds. The van der Waals surface area contributed by atoms with Gasteiger partial charge in [-0.05, 0) is 29.7 Å². The maximum absolute atomic E-state index is 13.5. The van der Waals surface area contributed by atoms with Crippen molar-refractivity contribution in [1.82, 2.24) is 9.29 Å². The van der Waals surface area contributed by atoms with Gasteiger partial charge in [-0.25, -0.2) is 8.42 Å². The fourth-order valence-corrected chi connectivity index (χ4v) is 6.34. The zero-order valence-electron chi connectivity index (χ0n) is 17.2. The highest BCUT2D eigenvalue weighted by atomic mass is 35.5. The van der Waals surface area contributed by atoms with Crippen LogP contribution in [0.2, 0.25) is 5.02 Å². The number of fused-ring (bicyclic) bond motifs is 2. The van der Waals surface area contributed by atoms with Crippen LogP contribution in [-0.4, -0.2) is 48.6 Å². The fraction of sp³-hybridized carbons (Fsp3) is 0.304. The van der Waals surface area contributed by atoms with Gasteiger partial charge in [-0.3, -0.25) is 9.78 Å². The first kappa shape index (κ1) is 21.3. The number of pyridine rings is 1. The highest BCUT2D eigenvalue weighted by molar-refractivity contribution is 7.89. The van der Waals surface area contributed by atoms with Crippen molar-refractivity contribution in [3.8, 4) is 0 Å². The number of hydrogen-bond acceptors (Lipinski definition) is 5. The van der Waals surface area contributed by atoms with Crippen molar-refractivity contribution in [3.63, 3.8) is 0 Å². The van der Waals surface area contributed by atoms with Crippen LogP contribution < -0.4 is 5.32 Å². The summed E-state index contributed by atoms with van der Waals surface area (Å²) < 4.78 is 33.2. The topological polar surface area (TPSA) is 88.6 Å². The molecule has 0 aliphatic carbocycles. The minimum atomic E-state index is -3.61. The van der Waals surface area contributed by atoms with Crippen LogP contribution >= 0.6 is 11.6 Å². The molecule has 1 N–H and O–H groups in total. The van der Waals surface area contributed by atoms with E-state index in [2.05, 4.69) is 10.3 Å². The van der Waals surface area contributed by atoms with Gasteiger partial charge in [-0.15, -0.1) is 0 Å². The van der Waals surface area contributed by atoms with E-state index in [0.717, 1.165) is 21.9 Å². The molecule has 166 valence electrons. The van der Waals surface area contributed by atoms with E-state index in [1.807, 2.05) is 24.3 Å². The molecule has 2 aliphatic heterocycles. The number of ether oxygens (including phenoxy) is 1. The lowest BCUT2D eigenvalue weighted by Crippen LogP contribution is -2.45. The molecule has 5 rings (SSSR count). The number of carbonyl (C=O) groups is 1. The number of aromatic nitrogens is 1. The molecule has 0 radical (unpaired) electrons. The lowest BCUT2D eigenvalue weighted by atomic mass is 9.90. The van der Waals surface area contributed by atoms with Crippen molar-refractivity contribution in [3.05, 3.63) is 71.0 Å². The van der Waals surface area contributed by atoms with E-state index in [0.29, 0.717) is 23.7 Å². The number of nitrogens with zero attached hydrogens (tertiary/aromatic N) is 2. The van der Waals surface area contributed by atoms with E-state index in [9.17, 15) is 13.2 Å². The van der Waals surface area contributed by atoms with Crippen molar-refractivity contribution in [2.75, 3.05) is 25.1 Å². The second kappa shape index (κ2) is 8.44. The van der Waals surface area contributed by atoms with Crippen LogP contribution in [0.4, 0.5) is 5.69 Å². The predicted molar refractivity (Wildman–Crippen MR) is 123 cm³/mol. The molecule has 0 saturated carbocycles. The summed E-state index contributed by atoms with van der Waals surface area (Å²) in [6.45, 7) is 0.883. The lowest BCUT2D eigenvalue weighted by molar-refractivity contribution is -0.118. The second-order valence-corrected chi connectivity index (χ2v) is 10.8. The quantitative estimate of drug-likeness (QED) is 0.628. The molecular formula is C23H22ClN3O4S. The number of benzene rings is 2. The smallest absolute Gasteiger partial charge is 0.233 e. The fourth-order valence-electron chi connectivity index (χ4n) is 4.40. The van der Waals surface area contributed by atoms with Gasteiger partial charge >= 0.3 is 0 Å². The van der Waals surface area contributed by atoms with E-state index in [-0.39, 0.29) is 25.6 Å². The Morgan fingerprint density at radius 2 is 2.03 bits per heavy atom. The first-order valence-corrected chi connectivity index (χ1v) is 12.3. The normalized spacial score (nSPS) is 21.4. The summed E-state index contributed by atoms with van der Waals surface area (Å²) in [5.41, 5.74) is 2.11. The number of halogens is 1. The van der Waals surface area contributed by atoms with Gasteiger partial charge in [0.25, 0.3) is 0 Å². The number of sulfonamides is 1. The molecule has 7 nitrogen and oxygen atoms in total. The van der Waals surface area contributed by atoms with Gasteiger partial charge in [-0.2, -0.15) is 4.31 Å².